The number of rotatable bonds is 7. The smallest absolute Gasteiger partial charge is 0.322 e. The van der Waals surface area contributed by atoms with Crippen molar-refractivity contribution in [2.75, 3.05) is 14.2 Å². The van der Waals surface area contributed by atoms with Crippen molar-refractivity contribution in [3.05, 3.63) is 0 Å². The molecule has 6 nitrogen and oxygen atoms in total. The standard InChI is InChI=1S/C9H18N2O4Si/c1-14-9(15-2)16-5-3-4-6-7(12)11-8(13)10-6/h6,9H,3-5,16H2,1-2H3,(H2,10,11,12,13). The van der Waals surface area contributed by atoms with Gasteiger partial charge in [0.25, 0.3) is 5.91 Å². The fraction of sp³-hybridized carbons (Fsp3) is 0.778. The van der Waals surface area contributed by atoms with Gasteiger partial charge in [-0.2, -0.15) is 0 Å². The van der Waals surface area contributed by atoms with Gasteiger partial charge in [-0.1, -0.05) is 12.5 Å². The van der Waals surface area contributed by atoms with Gasteiger partial charge in [0.1, 0.15) is 12.0 Å². The molecule has 0 saturated carbocycles. The highest BCUT2D eigenvalue weighted by Crippen LogP contribution is 2.06. The Hall–Kier alpha value is -0.923. The summed E-state index contributed by atoms with van der Waals surface area (Å²) in [4.78, 5) is 22.0. The molecule has 1 rings (SSSR count). The van der Waals surface area contributed by atoms with E-state index in [-0.39, 0.29) is 23.9 Å². The number of carbonyl (C=O) groups is 2. The molecule has 0 radical (unpaired) electrons. The van der Waals surface area contributed by atoms with Crippen LogP contribution in [0.4, 0.5) is 4.79 Å². The van der Waals surface area contributed by atoms with E-state index in [9.17, 15) is 9.59 Å². The predicted molar refractivity (Wildman–Crippen MR) is 60.9 cm³/mol. The second-order valence-electron chi connectivity index (χ2n) is 3.70. The van der Waals surface area contributed by atoms with E-state index in [1.807, 2.05) is 0 Å². The normalized spacial score (nSPS) is 20.8. The summed E-state index contributed by atoms with van der Waals surface area (Å²) in [6.45, 7) is 0. The first-order valence-electron chi connectivity index (χ1n) is 5.34. The predicted octanol–water partition coefficient (Wildman–Crippen LogP) is -0.862. The quantitative estimate of drug-likeness (QED) is 0.265. The fourth-order valence-electron chi connectivity index (χ4n) is 1.65. The van der Waals surface area contributed by atoms with Crippen LogP contribution in [0.15, 0.2) is 0 Å². The van der Waals surface area contributed by atoms with Crippen molar-refractivity contribution in [2.45, 2.75) is 30.8 Å². The van der Waals surface area contributed by atoms with E-state index in [2.05, 4.69) is 10.6 Å². The molecule has 1 atom stereocenters. The molecule has 0 bridgehead atoms. The average molecular weight is 246 g/mol. The summed E-state index contributed by atoms with van der Waals surface area (Å²) in [6.07, 6.45) is 1.60. The van der Waals surface area contributed by atoms with Crippen LogP contribution in [0.3, 0.4) is 0 Å². The number of amides is 3. The monoisotopic (exact) mass is 246 g/mol. The van der Waals surface area contributed by atoms with Crippen molar-refractivity contribution in [2.24, 2.45) is 0 Å². The van der Waals surface area contributed by atoms with Crippen LogP contribution in [0, 0.1) is 0 Å². The molecule has 0 aliphatic carbocycles. The molecule has 3 amide bonds. The maximum atomic E-state index is 11.2. The minimum Gasteiger partial charge on any atom is -0.360 e. The SMILES string of the molecule is COC(OC)[SiH2]CCCC1NC(=O)NC1=O. The second-order valence-corrected chi connectivity index (χ2v) is 5.65. The van der Waals surface area contributed by atoms with E-state index in [0.29, 0.717) is 6.42 Å². The number of hydrogen-bond acceptors (Lipinski definition) is 4. The Labute approximate surface area is 96.9 Å². The van der Waals surface area contributed by atoms with Crippen LogP contribution in [0.25, 0.3) is 0 Å². The molecule has 1 aliphatic heterocycles. The van der Waals surface area contributed by atoms with Gasteiger partial charge in [0.05, 0.1) is 9.52 Å². The Morgan fingerprint density at radius 1 is 1.38 bits per heavy atom. The van der Waals surface area contributed by atoms with E-state index in [1.54, 1.807) is 14.2 Å². The lowest BCUT2D eigenvalue weighted by Gasteiger charge is -2.12. The molecule has 1 aliphatic rings. The molecule has 1 heterocycles. The highest BCUT2D eigenvalue weighted by molar-refractivity contribution is 6.36. The van der Waals surface area contributed by atoms with Crippen molar-refractivity contribution >= 4 is 21.5 Å². The third-order valence-electron chi connectivity index (χ3n) is 2.57. The number of methoxy groups -OCH3 is 2. The van der Waals surface area contributed by atoms with Crippen LogP contribution >= 0.6 is 0 Å². The van der Waals surface area contributed by atoms with Gasteiger partial charge in [0.2, 0.25) is 0 Å². The highest BCUT2D eigenvalue weighted by atomic mass is 28.2. The lowest BCUT2D eigenvalue weighted by Crippen LogP contribution is -2.29. The molecule has 0 aromatic rings. The Balaban J connectivity index is 2.11. The molecule has 1 unspecified atom stereocenters. The van der Waals surface area contributed by atoms with E-state index in [0.717, 1.165) is 12.5 Å². The molecule has 7 heteroatoms. The van der Waals surface area contributed by atoms with Crippen LogP contribution in [-0.4, -0.2) is 47.6 Å². The minimum atomic E-state index is -0.431. The summed E-state index contributed by atoms with van der Waals surface area (Å²) in [5.74, 6) is -0.270. The topological polar surface area (TPSA) is 76.7 Å². The van der Waals surface area contributed by atoms with Gasteiger partial charge >= 0.3 is 6.03 Å². The molecule has 1 saturated heterocycles. The molecule has 0 spiro atoms. The summed E-state index contributed by atoms with van der Waals surface area (Å²) in [6, 6.07) is 0.287. The Bertz CT molecular complexity index is 258. The van der Waals surface area contributed by atoms with Gasteiger partial charge in [0, 0.05) is 14.2 Å². The fourth-order valence-corrected chi connectivity index (χ4v) is 3.04. The first kappa shape index (κ1) is 13.1. The van der Waals surface area contributed by atoms with Crippen LogP contribution in [0.5, 0.6) is 0 Å². The van der Waals surface area contributed by atoms with Gasteiger partial charge in [-0.15, -0.1) is 0 Å². The zero-order valence-electron chi connectivity index (χ0n) is 9.62. The van der Waals surface area contributed by atoms with Crippen LogP contribution in [0.2, 0.25) is 6.04 Å². The maximum absolute atomic E-state index is 11.2. The molecular weight excluding hydrogens is 228 g/mol. The van der Waals surface area contributed by atoms with E-state index < -0.39 is 9.52 Å². The van der Waals surface area contributed by atoms with Crippen molar-refractivity contribution in [1.29, 1.82) is 0 Å². The van der Waals surface area contributed by atoms with Gasteiger partial charge in [-0.3, -0.25) is 10.1 Å². The number of urea groups is 1. The van der Waals surface area contributed by atoms with E-state index >= 15 is 0 Å². The molecule has 2 N–H and O–H groups in total. The lowest BCUT2D eigenvalue weighted by atomic mass is 10.2. The first-order chi connectivity index (χ1) is 7.67. The second kappa shape index (κ2) is 6.61. The molecular formula is C9H18N2O4Si. The summed E-state index contributed by atoms with van der Waals surface area (Å²) in [5, 5.41) is 4.78. The number of carbonyl (C=O) groups excluding carboxylic acids is 2. The Morgan fingerprint density at radius 2 is 2.06 bits per heavy atom. The van der Waals surface area contributed by atoms with E-state index in [4.69, 9.17) is 9.47 Å². The van der Waals surface area contributed by atoms with Crippen LogP contribution < -0.4 is 10.6 Å². The van der Waals surface area contributed by atoms with Crippen molar-refractivity contribution < 1.29 is 19.1 Å². The first-order valence-corrected chi connectivity index (χ1v) is 7.16. The van der Waals surface area contributed by atoms with Crippen molar-refractivity contribution in [3.63, 3.8) is 0 Å². The maximum Gasteiger partial charge on any atom is 0.322 e. The number of hydrogen-bond donors (Lipinski definition) is 2. The molecule has 0 aromatic carbocycles. The lowest BCUT2D eigenvalue weighted by molar-refractivity contribution is -0.120. The summed E-state index contributed by atoms with van der Waals surface area (Å²) in [7, 11) is 2.83. The molecule has 16 heavy (non-hydrogen) atoms. The molecule has 1 fully saturated rings. The Morgan fingerprint density at radius 3 is 2.56 bits per heavy atom. The summed E-state index contributed by atoms with van der Waals surface area (Å²) < 4.78 is 10.2. The number of ether oxygens (including phenoxy) is 2. The summed E-state index contributed by atoms with van der Waals surface area (Å²) in [5.41, 5.74) is 0. The number of nitrogens with one attached hydrogen (secondary N) is 2. The van der Waals surface area contributed by atoms with E-state index in [1.165, 1.54) is 0 Å². The largest absolute Gasteiger partial charge is 0.360 e. The van der Waals surface area contributed by atoms with Gasteiger partial charge in [0.15, 0.2) is 0 Å². The average Bonchev–Trinajstić information content (AvgIpc) is 2.58. The molecule has 0 aromatic heterocycles. The van der Waals surface area contributed by atoms with Crippen molar-refractivity contribution in [3.8, 4) is 0 Å². The van der Waals surface area contributed by atoms with Crippen molar-refractivity contribution in [1.82, 2.24) is 10.6 Å². The Kier molecular flexibility index (Phi) is 5.43. The zero-order valence-corrected chi connectivity index (χ0v) is 11.0. The third kappa shape index (κ3) is 3.91. The minimum absolute atomic E-state index is 0.0491. The van der Waals surface area contributed by atoms with Crippen LogP contribution in [-0.2, 0) is 14.3 Å². The zero-order chi connectivity index (χ0) is 12.0. The van der Waals surface area contributed by atoms with Gasteiger partial charge < -0.3 is 14.8 Å². The van der Waals surface area contributed by atoms with Crippen LogP contribution in [0.1, 0.15) is 12.8 Å². The van der Waals surface area contributed by atoms with Gasteiger partial charge in [-0.05, 0) is 6.42 Å². The third-order valence-corrected chi connectivity index (χ3v) is 4.61. The molecule has 92 valence electrons. The van der Waals surface area contributed by atoms with Gasteiger partial charge in [-0.25, -0.2) is 4.79 Å². The summed E-state index contributed by atoms with van der Waals surface area (Å²) >= 11 is 0. The number of imide groups is 1. The highest BCUT2D eigenvalue weighted by Gasteiger charge is 2.28.